The highest BCUT2D eigenvalue weighted by Gasteiger charge is 2.22. The molecule has 0 aliphatic carbocycles. The van der Waals surface area contributed by atoms with Crippen molar-refractivity contribution in [3.8, 4) is 11.3 Å². The lowest BCUT2D eigenvalue weighted by molar-refractivity contribution is 0.208. The number of hydrogen-bond donors (Lipinski definition) is 1. The van der Waals surface area contributed by atoms with Gasteiger partial charge in [-0.15, -0.1) is 10.2 Å². The predicted molar refractivity (Wildman–Crippen MR) is 125 cm³/mol. The van der Waals surface area contributed by atoms with Crippen molar-refractivity contribution >= 4 is 17.5 Å². The maximum Gasteiger partial charge on any atom is 0.321 e. The van der Waals surface area contributed by atoms with Gasteiger partial charge in [-0.1, -0.05) is 25.5 Å². The summed E-state index contributed by atoms with van der Waals surface area (Å²) < 4.78 is 13.1. The molecule has 1 N–H and O–H groups in total. The highest BCUT2D eigenvalue weighted by atomic mass is 19.1. The van der Waals surface area contributed by atoms with E-state index in [4.69, 9.17) is 0 Å². The maximum atomic E-state index is 13.1. The van der Waals surface area contributed by atoms with Gasteiger partial charge < -0.3 is 15.1 Å². The van der Waals surface area contributed by atoms with Gasteiger partial charge in [-0.3, -0.25) is 0 Å². The molecule has 0 bridgehead atoms. The van der Waals surface area contributed by atoms with Gasteiger partial charge in [-0.25, -0.2) is 9.18 Å². The van der Waals surface area contributed by atoms with Crippen LogP contribution in [0.4, 0.5) is 20.7 Å². The summed E-state index contributed by atoms with van der Waals surface area (Å²) in [6.45, 7) is 4.79. The summed E-state index contributed by atoms with van der Waals surface area (Å²) in [7, 11) is 0. The lowest BCUT2D eigenvalue weighted by atomic mass is 10.1. The standard InChI is InChI=1S/C25H28FN5O/c1-2-3-4-19-5-11-22(12-6-19)27-25(32)31-17-15-30(16-18-31)24-14-13-23(28-29-24)20-7-9-21(26)10-8-20/h5-14H,2-4,15-18H2,1H3,(H,27,32). The van der Waals surface area contributed by atoms with Crippen LogP contribution in [0.1, 0.15) is 25.3 Å². The molecule has 0 unspecified atom stereocenters. The molecule has 1 fully saturated rings. The molecular weight excluding hydrogens is 405 g/mol. The molecule has 2 amide bonds. The molecule has 166 valence electrons. The number of rotatable bonds is 6. The van der Waals surface area contributed by atoms with Crippen LogP contribution in [0.25, 0.3) is 11.3 Å². The summed E-state index contributed by atoms with van der Waals surface area (Å²) in [5.74, 6) is 0.503. The largest absolute Gasteiger partial charge is 0.352 e. The Morgan fingerprint density at radius 3 is 2.28 bits per heavy atom. The van der Waals surface area contributed by atoms with E-state index in [0.29, 0.717) is 31.9 Å². The Bertz CT molecular complexity index is 1010. The Hall–Kier alpha value is -3.48. The number of halogens is 1. The smallest absolute Gasteiger partial charge is 0.321 e. The molecule has 0 atom stereocenters. The van der Waals surface area contributed by atoms with Crippen LogP contribution in [-0.2, 0) is 6.42 Å². The minimum atomic E-state index is -0.274. The zero-order valence-electron chi connectivity index (χ0n) is 18.3. The van der Waals surface area contributed by atoms with Crippen molar-refractivity contribution in [2.45, 2.75) is 26.2 Å². The summed E-state index contributed by atoms with van der Waals surface area (Å²) in [5.41, 5.74) is 3.64. The van der Waals surface area contributed by atoms with Crippen molar-refractivity contribution in [3.63, 3.8) is 0 Å². The average molecular weight is 434 g/mol. The lowest BCUT2D eigenvalue weighted by Crippen LogP contribution is -2.50. The minimum absolute atomic E-state index is 0.0799. The number of aryl methyl sites for hydroxylation is 1. The van der Waals surface area contributed by atoms with Crippen molar-refractivity contribution in [1.82, 2.24) is 15.1 Å². The quantitative estimate of drug-likeness (QED) is 0.596. The van der Waals surface area contributed by atoms with E-state index in [1.165, 1.54) is 30.5 Å². The van der Waals surface area contributed by atoms with Crippen LogP contribution in [0.2, 0.25) is 0 Å². The summed E-state index contributed by atoms with van der Waals surface area (Å²) in [5, 5.41) is 11.6. The van der Waals surface area contributed by atoms with Gasteiger partial charge in [-0.2, -0.15) is 0 Å². The number of unbranched alkanes of at least 4 members (excludes halogenated alkanes) is 1. The molecule has 0 radical (unpaired) electrons. The number of urea groups is 1. The number of nitrogens with one attached hydrogen (secondary N) is 1. The number of amides is 2. The maximum absolute atomic E-state index is 13.1. The number of carbonyl (C=O) groups excluding carboxylic acids is 1. The molecule has 2 aromatic carbocycles. The molecule has 2 heterocycles. The first-order valence-electron chi connectivity index (χ1n) is 11.1. The number of piperazine rings is 1. The Balaban J connectivity index is 1.29. The van der Waals surface area contributed by atoms with E-state index in [1.807, 2.05) is 29.2 Å². The van der Waals surface area contributed by atoms with Crippen molar-refractivity contribution in [2.75, 3.05) is 36.4 Å². The molecule has 0 saturated carbocycles. The Kier molecular flexibility index (Phi) is 6.94. The first-order valence-corrected chi connectivity index (χ1v) is 11.1. The molecule has 1 aromatic heterocycles. The molecule has 32 heavy (non-hydrogen) atoms. The Morgan fingerprint density at radius 1 is 0.938 bits per heavy atom. The van der Waals surface area contributed by atoms with E-state index in [-0.39, 0.29) is 11.8 Å². The highest BCUT2D eigenvalue weighted by Crippen LogP contribution is 2.20. The van der Waals surface area contributed by atoms with Gasteiger partial charge >= 0.3 is 6.03 Å². The van der Waals surface area contributed by atoms with E-state index >= 15 is 0 Å². The molecule has 1 saturated heterocycles. The van der Waals surface area contributed by atoms with Crippen LogP contribution in [0, 0.1) is 5.82 Å². The van der Waals surface area contributed by atoms with Gasteiger partial charge in [0.05, 0.1) is 5.69 Å². The topological polar surface area (TPSA) is 61.4 Å². The minimum Gasteiger partial charge on any atom is -0.352 e. The van der Waals surface area contributed by atoms with Gasteiger partial charge in [0.25, 0.3) is 0 Å². The second-order valence-electron chi connectivity index (χ2n) is 7.99. The highest BCUT2D eigenvalue weighted by molar-refractivity contribution is 5.89. The van der Waals surface area contributed by atoms with Gasteiger partial charge in [0.2, 0.25) is 0 Å². The fraction of sp³-hybridized carbons (Fsp3) is 0.320. The molecule has 6 nitrogen and oxygen atoms in total. The van der Waals surface area contributed by atoms with E-state index in [1.54, 1.807) is 12.1 Å². The predicted octanol–water partition coefficient (Wildman–Crippen LogP) is 4.98. The molecule has 0 spiro atoms. The molecule has 1 aliphatic heterocycles. The van der Waals surface area contributed by atoms with Gasteiger partial charge in [0, 0.05) is 37.4 Å². The summed E-state index contributed by atoms with van der Waals surface area (Å²) in [4.78, 5) is 16.6. The van der Waals surface area contributed by atoms with Crippen LogP contribution in [-0.4, -0.2) is 47.3 Å². The first-order chi connectivity index (χ1) is 15.6. The van der Waals surface area contributed by atoms with Crippen LogP contribution in [0.15, 0.2) is 60.7 Å². The number of benzene rings is 2. The fourth-order valence-corrected chi connectivity index (χ4v) is 3.75. The Labute approximate surface area is 188 Å². The number of aromatic nitrogens is 2. The molecule has 7 heteroatoms. The van der Waals surface area contributed by atoms with Gasteiger partial charge in [-0.05, 0) is 66.9 Å². The Morgan fingerprint density at radius 2 is 1.66 bits per heavy atom. The first kappa shape index (κ1) is 21.7. The summed E-state index contributed by atoms with van der Waals surface area (Å²) in [6.07, 6.45) is 3.42. The zero-order chi connectivity index (χ0) is 22.3. The van der Waals surface area contributed by atoms with E-state index < -0.39 is 0 Å². The van der Waals surface area contributed by atoms with Crippen molar-refractivity contribution in [2.24, 2.45) is 0 Å². The van der Waals surface area contributed by atoms with E-state index in [2.05, 4.69) is 39.5 Å². The van der Waals surface area contributed by atoms with Gasteiger partial charge in [0.15, 0.2) is 5.82 Å². The van der Waals surface area contributed by atoms with Crippen LogP contribution in [0.5, 0.6) is 0 Å². The second kappa shape index (κ2) is 10.2. The molecule has 1 aliphatic rings. The molecular formula is C25H28FN5O. The summed E-state index contributed by atoms with van der Waals surface area (Å²) >= 11 is 0. The fourth-order valence-electron chi connectivity index (χ4n) is 3.75. The number of hydrogen-bond acceptors (Lipinski definition) is 4. The number of anilines is 2. The second-order valence-corrected chi connectivity index (χ2v) is 7.99. The van der Waals surface area contributed by atoms with Crippen LogP contribution >= 0.6 is 0 Å². The third-order valence-corrected chi connectivity index (χ3v) is 5.71. The van der Waals surface area contributed by atoms with E-state index in [0.717, 1.165) is 23.5 Å². The third-order valence-electron chi connectivity index (χ3n) is 5.71. The van der Waals surface area contributed by atoms with Crippen molar-refractivity contribution < 1.29 is 9.18 Å². The molecule has 4 rings (SSSR count). The van der Waals surface area contributed by atoms with E-state index in [9.17, 15) is 9.18 Å². The van der Waals surface area contributed by atoms with Gasteiger partial charge in [0.1, 0.15) is 5.82 Å². The van der Waals surface area contributed by atoms with Crippen LogP contribution in [0.3, 0.4) is 0 Å². The van der Waals surface area contributed by atoms with Crippen molar-refractivity contribution in [1.29, 1.82) is 0 Å². The molecule has 3 aromatic rings. The average Bonchev–Trinajstić information content (AvgIpc) is 2.84. The van der Waals surface area contributed by atoms with Crippen LogP contribution < -0.4 is 10.2 Å². The third kappa shape index (κ3) is 5.41. The summed E-state index contributed by atoms with van der Waals surface area (Å²) in [6, 6.07) is 18.0. The zero-order valence-corrected chi connectivity index (χ0v) is 18.3. The van der Waals surface area contributed by atoms with Crippen molar-refractivity contribution in [3.05, 3.63) is 72.0 Å². The normalized spacial score (nSPS) is 13.8. The monoisotopic (exact) mass is 433 g/mol. The number of carbonyl (C=O) groups is 1. The number of nitrogens with zero attached hydrogens (tertiary/aromatic N) is 4. The SMILES string of the molecule is CCCCc1ccc(NC(=O)N2CCN(c3ccc(-c4ccc(F)cc4)nn3)CC2)cc1. The lowest BCUT2D eigenvalue weighted by Gasteiger charge is -2.35.